The van der Waals surface area contributed by atoms with Gasteiger partial charge in [-0.1, -0.05) is 0 Å². The van der Waals surface area contributed by atoms with Crippen LogP contribution in [0.2, 0.25) is 0 Å². The second-order valence-electron chi connectivity index (χ2n) is 0.986. The zero-order valence-electron chi connectivity index (χ0n) is 7.14. The van der Waals surface area contributed by atoms with Crippen LogP contribution in [-0.4, -0.2) is 38.8 Å². The van der Waals surface area contributed by atoms with Gasteiger partial charge in [-0.15, -0.1) is 0 Å². The fraction of sp³-hybridized carbons (Fsp3) is 0. The van der Waals surface area contributed by atoms with Crippen LogP contribution in [0.1, 0.15) is 0 Å². The third-order valence-corrected chi connectivity index (χ3v) is 0.333. The van der Waals surface area contributed by atoms with Gasteiger partial charge in [0.15, 0.2) is 0 Å². The summed E-state index contributed by atoms with van der Waals surface area (Å²) in [6, 6.07) is 0. The Balaban J connectivity index is -0.000000144. The molecule has 0 saturated heterocycles. The fourth-order valence-corrected chi connectivity index (χ4v) is 0.0680. The van der Waals surface area contributed by atoms with E-state index in [4.69, 9.17) is 28.8 Å². The molecule has 0 aliphatic carbocycles. The first-order chi connectivity index (χ1) is 7.24. The van der Waals surface area contributed by atoms with Crippen molar-refractivity contribution in [3.8, 4) is 0 Å². The van der Waals surface area contributed by atoms with E-state index in [9.17, 15) is 0 Å². The molecule has 0 heterocycles. The zero-order chi connectivity index (χ0) is 12.4. The highest BCUT2D eigenvalue weighted by atomic mass is 16.6. The summed E-state index contributed by atoms with van der Waals surface area (Å²) < 4.78 is 10.4. The molecule has 0 saturated carbocycles. The van der Waals surface area contributed by atoms with E-state index >= 15 is 0 Å². The zero-order valence-corrected chi connectivity index (χ0v) is 7.14. The van der Waals surface area contributed by atoms with Crippen LogP contribution < -0.4 is 0 Å². The summed E-state index contributed by atoms with van der Waals surface area (Å²) in [6.45, 7) is 0.375. The standard InChI is InChI=1S/3C2H2O3/c3*3-1-5-2-4/h3*1-2H. The van der Waals surface area contributed by atoms with E-state index in [0.29, 0.717) is 0 Å². The van der Waals surface area contributed by atoms with E-state index in [1.807, 2.05) is 0 Å². The highest BCUT2D eigenvalue weighted by Gasteiger charge is 1.59. The number of carbonyl (C=O) groups is 6. The predicted molar refractivity (Wildman–Crippen MR) is 39.6 cm³/mol. The summed E-state index contributed by atoms with van der Waals surface area (Å²) in [5, 5.41) is 0. The number of carbonyl (C=O) groups excluding carboxylic acids is 6. The van der Waals surface area contributed by atoms with Gasteiger partial charge >= 0.3 is 38.8 Å². The van der Waals surface area contributed by atoms with Crippen LogP contribution in [0.15, 0.2) is 0 Å². The van der Waals surface area contributed by atoms with Crippen molar-refractivity contribution in [1.29, 1.82) is 0 Å². The van der Waals surface area contributed by atoms with Crippen LogP contribution in [0.3, 0.4) is 0 Å². The molecule has 15 heavy (non-hydrogen) atoms. The summed E-state index contributed by atoms with van der Waals surface area (Å²) in [4.78, 5) is 53.7. The molecule has 0 fully saturated rings. The Hall–Kier alpha value is -2.58. The van der Waals surface area contributed by atoms with Crippen molar-refractivity contribution in [2.75, 3.05) is 0 Å². The highest BCUT2D eigenvalue weighted by Crippen LogP contribution is 1.41. The maximum atomic E-state index is 8.95. The van der Waals surface area contributed by atoms with Gasteiger partial charge in [0.05, 0.1) is 0 Å². The van der Waals surface area contributed by atoms with Gasteiger partial charge in [0.25, 0.3) is 0 Å². The SMILES string of the molecule is O=COC=O.O=COC=O.O=COC=O. The molecule has 84 valence electrons. The second kappa shape index (κ2) is 30.1. The van der Waals surface area contributed by atoms with Crippen LogP contribution in [0.4, 0.5) is 0 Å². The third-order valence-electron chi connectivity index (χ3n) is 0.333. The van der Waals surface area contributed by atoms with E-state index in [2.05, 4.69) is 14.2 Å². The smallest absolute Gasteiger partial charge is 0.300 e. The Morgan fingerprint density at radius 2 is 0.533 bits per heavy atom. The Kier molecular flexibility index (Phi) is 36.6. The molecule has 0 aliphatic rings. The van der Waals surface area contributed by atoms with Gasteiger partial charge in [0.1, 0.15) is 0 Å². The summed E-state index contributed by atoms with van der Waals surface area (Å²) >= 11 is 0. The molecule has 0 aromatic heterocycles. The molecule has 0 N–H and O–H groups in total. The summed E-state index contributed by atoms with van der Waals surface area (Å²) in [7, 11) is 0. The first-order valence-corrected chi connectivity index (χ1v) is 2.83. The second-order valence-corrected chi connectivity index (χ2v) is 0.986. The van der Waals surface area contributed by atoms with E-state index < -0.39 is 0 Å². The van der Waals surface area contributed by atoms with Gasteiger partial charge in [-0.05, 0) is 0 Å². The minimum absolute atomic E-state index is 0.0625. The molecule has 0 rings (SSSR count). The third kappa shape index (κ3) is 86.6. The number of ether oxygens (including phenoxy) is 3. The van der Waals surface area contributed by atoms with Crippen molar-refractivity contribution in [3.05, 3.63) is 0 Å². The van der Waals surface area contributed by atoms with Gasteiger partial charge in [0.2, 0.25) is 0 Å². The van der Waals surface area contributed by atoms with Gasteiger partial charge in [-0.25, -0.2) is 0 Å². The van der Waals surface area contributed by atoms with Crippen molar-refractivity contribution in [1.82, 2.24) is 0 Å². The Bertz CT molecular complexity index is 136. The van der Waals surface area contributed by atoms with Gasteiger partial charge in [-0.2, -0.15) is 0 Å². The molecule has 0 atom stereocenters. The molecule has 9 heteroatoms. The van der Waals surface area contributed by atoms with Gasteiger partial charge in [0, 0.05) is 0 Å². The molecule has 0 aromatic carbocycles. The maximum absolute atomic E-state index is 8.95. The molecular weight excluding hydrogens is 216 g/mol. The average Bonchev–Trinajstić information content (AvgIpc) is 2.23. The molecule has 0 aliphatic heterocycles. The largest absolute Gasteiger partial charge is 0.398 e. The van der Waals surface area contributed by atoms with E-state index in [-0.39, 0.29) is 38.8 Å². The lowest BCUT2D eigenvalue weighted by molar-refractivity contribution is -0.143. The first-order valence-electron chi connectivity index (χ1n) is 2.83. The van der Waals surface area contributed by atoms with E-state index in [1.54, 1.807) is 0 Å². The molecule has 0 radical (unpaired) electrons. The van der Waals surface area contributed by atoms with Gasteiger partial charge < -0.3 is 14.2 Å². The van der Waals surface area contributed by atoms with Crippen molar-refractivity contribution in [2.45, 2.75) is 0 Å². The highest BCUT2D eigenvalue weighted by molar-refractivity contribution is 5.55. The molecular formula is C6H6O9. The molecule has 0 unspecified atom stereocenters. The normalized spacial score (nSPS) is 5.60. The average molecular weight is 222 g/mol. The minimum Gasteiger partial charge on any atom is -0.398 e. The summed E-state index contributed by atoms with van der Waals surface area (Å²) in [6.07, 6.45) is 0. The predicted octanol–water partition coefficient (Wildman–Crippen LogP) is -2.05. The number of hydrogen-bond donors (Lipinski definition) is 0. The molecule has 0 aromatic rings. The number of rotatable bonds is 6. The molecule has 9 nitrogen and oxygen atoms in total. The van der Waals surface area contributed by atoms with Crippen molar-refractivity contribution in [2.24, 2.45) is 0 Å². The fourth-order valence-electron chi connectivity index (χ4n) is 0.0680. The van der Waals surface area contributed by atoms with Crippen LogP contribution >= 0.6 is 0 Å². The lowest BCUT2D eigenvalue weighted by atomic mass is 11.5. The molecule has 0 amide bonds. The quantitative estimate of drug-likeness (QED) is 0.283. The van der Waals surface area contributed by atoms with Crippen LogP contribution in [0.25, 0.3) is 0 Å². The summed E-state index contributed by atoms with van der Waals surface area (Å²) in [5.74, 6) is 0. The van der Waals surface area contributed by atoms with Crippen LogP contribution in [-0.2, 0) is 43.0 Å². The maximum Gasteiger partial charge on any atom is 0.300 e. The Labute approximate surface area is 82.9 Å². The van der Waals surface area contributed by atoms with E-state index in [0.717, 1.165) is 0 Å². The van der Waals surface area contributed by atoms with Gasteiger partial charge in [-0.3, -0.25) is 28.8 Å². The topological polar surface area (TPSA) is 130 Å². The Morgan fingerprint density at radius 1 is 0.400 bits per heavy atom. The molecule has 0 spiro atoms. The lowest BCUT2D eigenvalue weighted by Crippen LogP contribution is -1.77. The minimum atomic E-state index is 0.0625. The van der Waals surface area contributed by atoms with Crippen molar-refractivity contribution in [3.63, 3.8) is 0 Å². The summed E-state index contributed by atoms with van der Waals surface area (Å²) in [5.41, 5.74) is 0. The monoisotopic (exact) mass is 222 g/mol. The number of hydrogen-bond acceptors (Lipinski definition) is 9. The Morgan fingerprint density at radius 3 is 0.533 bits per heavy atom. The lowest BCUT2D eigenvalue weighted by Gasteiger charge is -1.65. The van der Waals surface area contributed by atoms with Crippen LogP contribution in [0.5, 0.6) is 0 Å². The van der Waals surface area contributed by atoms with Crippen molar-refractivity contribution < 1.29 is 43.0 Å². The van der Waals surface area contributed by atoms with Crippen molar-refractivity contribution >= 4 is 38.8 Å². The van der Waals surface area contributed by atoms with E-state index in [1.165, 1.54) is 0 Å². The van der Waals surface area contributed by atoms with Crippen LogP contribution in [0, 0.1) is 0 Å². The first kappa shape index (κ1) is 18.3. The molecule has 0 bridgehead atoms.